The van der Waals surface area contributed by atoms with E-state index in [1.807, 2.05) is 6.07 Å². The van der Waals surface area contributed by atoms with Gasteiger partial charge in [0.05, 0.1) is 5.56 Å². The van der Waals surface area contributed by atoms with Crippen molar-refractivity contribution in [1.29, 1.82) is 0 Å². The maximum Gasteiger partial charge on any atom is 0.336 e. The topological polar surface area (TPSA) is 54.4 Å². The first-order chi connectivity index (χ1) is 8.18. The number of hydrogen-bond donors (Lipinski definition) is 1. The second kappa shape index (κ2) is 4.93. The van der Waals surface area contributed by atoms with Crippen molar-refractivity contribution >= 4 is 23.1 Å². The number of carbonyl (C=O) groups excluding carboxylic acids is 1. The summed E-state index contributed by atoms with van der Waals surface area (Å²) in [5, 5.41) is 12.2. The quantitative estimate of drug-likeness (QED) is 0.844. The Hall–Kier alpha value is -1.94. The molecular weight excluding hydrogens is 236 g/mol. The van der Waals surface area contributed by atoms with Gasteiger partial charge in [-0.25, -0.2) is 4.79 Å². The Labute approximate surface area is 102 Å². The number of hydrogen-bond acceptors (Lipinski definition) is 3. The van der Waals surface area contributed by atoms with Crippen LogP contribution in [-0.2, 0) is 6.42 Å². The first kappa shape index (κ1) is 11.5. The van der Waals surface area contributed by atoms with E-state index in [1.54, 1.807) is 35.0 Å². The summed E-state index contributed by atoms with van der Waals surface area (Å²) in [5.74, 6) is -1.05. The Morgan fingerprint density at radius 1 is 1.12 bits per heavy atom. The molecule has 86 valence electrons. The van der Waals surface area contributed by atoms with E-state index in [0.717, 1.165) is 0 Å². The number of carbonyl (C=O) groups is 2. The number of carboxylic acid groups (broad SMARTS) is 1. The molecule has 0 aliphatic heterocycles. The summed E-state index contributed by atoms with van der Waals surface area (Å²) in [6, 6.07) is 8.88. The monoisotopic (exact) mass is 246 g/mol. The smallest absolute Gasteiger partial charge is 0.336 e. The van der Waals surface area contributed by atoms with Crippen LogP contribution in [0.15, 0.2) is 41.1 Å². The summed E-state index contributed by atoms with van der Waals surface area (Å²) in [5.41, 5.74) is 1.41. The summed E-state index contributed by atoms with van der Waals surface area (Å²) in [7, 11) is 0. The van der Waals surface area contributed by atoms with Crippen molar-refractivity contribution in [3.8, 4) is 0 Å². The fraction of sp³-hybridized carbons (Fsp3) is 0.0769. The molecule has 0 radical (unpaired) electrons. The minimum atomic E-state index is -0.984. The van der Waals surface area contributed by atoms with Crippen molar-refractivity contribution in [2.24, 2.45) is 0 Å². The molecule has 1 aromatic heterocycles. The van der Waals surface area contributed by atoms with Crippen molar-refractivity contribution in [1.82, 2.24) is 0 Å². The van der Waals surface area contributed by atoms with Crippen LogP contribution in [0.1, 0.15) is 26.3 Å². The van der Waals surface area contributed by atoms with Crippen LogP contribution in [-0.4, -0.2) is 16.9 Å². The summed E-state index contributed by atoms with van der Waals surface area (Å²) >= 11 is 1.30. The molecule has 0 saturated heterocycles. The number of Topliss-reactive ketones (excluding diaryl/α,β-unsaturated/α-hetero) is 1. The third kappa shape index (κ3) is 2.60. The van der Waals surface area contributed by atoms with E-state index in [-0.39, 0.29) is 17.8 Å². The molecule has 17 heavy (non-hydrogen) atoms. The van der Waals surface area contributed by atoms with Gasteiger partial charge in [-0.15, -0.1) is 0 Å². The van der Waals surface area contributed by atoms with Gasteiger partial charge in [0.2, 0.25) is 0 Å². The molecule has 0 unspecified atom stereocenters. The van der Waals surface area contributed by atoms with E-state index in [4.69, 9.17) is 5.11 Å². The lowest BCUT2D eigenvalue weighted by Crippen LogP contribution is -2.06. The van der Waals surface area contributed by atoms with E-state index < -0.39 is 5.97 Å². The molecule has 0 spiro atoms. The van der Waals surface area contributed by atoms with Crippen LogP contribution in [0.2, 0.25) is 0 Å². The highest BCUT2D eigenvalue weighted by atomic mass is 32.1. The van der Waals surface area contributed by atoms with Gasteiger partial charge in [-0.2, -0.15) is 11.3 Å². The van der Waals surface area contributed by atoms with Crippen LogP contribution in [0.5, 0.6) is 0 Å². The molecule has 0 amide bonds. The van der Waals surface area contributed by atoms with Crippen molar-refractivity contribution in [3.05, 3.63) is 57.8 Å². The maximum absolute atomic E-state index is 11.9. The highest BCUT2D eigenvalue weighted by Gasteiger charge is 2.14. The standard InChI is InChI=1S/C13H10O3S/c14-12(9-4-2-1-3-5-9)6-10-7-17-8-11(10)13(15)16/h1-5,7-8H,6H2,(H,15,16). The number of rotatable bonds is 4. The molecule has 1 N–H and O–H groups in total. The maximum atomic E-state index is 11.9. The zero-order valence-electron chi connectivity index (χ0n) is 8.92. The van der Waals surface area contributed by atoms with Crippen molar-refractivity contribution < 1.29 is 14.7 Å². The highest BCUT2D eigenvalue weighted by Crippen LogP contribution is 2.17. The Bertz CT molecular complexity index is 543. The van der Waals surface area contributed by atoms with Gasteiger partial charge in [-0.05, 0) is 10.9 Å². The molecule has 0 aliphatic carbocycles. The molecule has 2 aromatic rings. The van der Waals surface area contributed by atoms with E-state index >= 15 is 0 Å². The van der Waals surface area contributed by atoms with Gasteiger partial charge in [0.15, 0.2) is 5.78 Å². The first-order valence-electron chi connectivity index (χ1n) is 5.05. The van der Waals surface area contributed by atoms with Crippen molar-refractivity contribution in [3.63, 3.8) is 0 Å². The predicted molar refractivity (Wildman–Crippen MR) is 65.8 cm³/mol. The molecule has 0 bridgehead atoms. The van der Waals surface area contributed by atoms with E-state index in [1.165, 1.54) is 11.3 Å². The van der Waals surface area contributed by atoms with Gasteiger partial charge in [0, 0.05) is 17.4 Å². The molecule has 1 heterocycles. The number of benzene rings is 1. The number of thiophene rings is 1. The number of aromatic carboxylic acids is 1. The average molecular weight is 246 g/mol. The Kier molecular flexibility index (Phi) is 3.35. The Morgan fingerprint density at radius 3 is 2.47 bits per heavy atom. The molecule has 1 aromatic carbocycles. The average Bonchev–Trinajstić information content (AvgIpc) is 2.78. The van der Waals surface area contributed by atoms with Gasteiger partial charge in [0.25, 0.3) is 0 Å². The van der Waals surface area contributed by atoms with E-state index in [2.05, 4.69) is 0 Å². The molecule has 0 aliphatic rings. The molecule has 2 rings (SSSR count). The van der Waals surface area contributed by atoms with E-state index in [0.29, 0.717) is 11.1 Å². The summed E-state index contributed by atoms with van der Waals surface area (Å²) in [6.07, 6.45) is 0.134. The molecule has 0 atom stereocenters. The molecular formula is C13H10O3S. The van der Waals surface area contributed by atoms with Gasteiger partial charge in [-0.3, -0.25) is 4.79 Å². The SMILES string of the molecule is O=C(Cc1cscc1C(=O)O)c1ccccc1. The van der Waals surface area contributed by atoms with E-state index in [9.17, 15) is 9.59 Å². The zero-order valence-corrected chi connectivity index (χ0v) is 9.74. The van der Waals surface area contributed by atoms with Crippen LogP contribution in [0.3, 0.4) is 0 Å². The zero-order chi connectivity index (χ0) is 12.3. The second-order valence-electron chi connectivity index (χ2n) is 3.58. The lowest BCUT2D eigenvalue weighted by atomic mass is 10.0. The minimum absolute atomic E-state index is 0.0634. The van der Waals surface area contributed by atoms with Crippen LogP contribution in [0.4, 0.5) is 0 Å². The second-order valence-corrected chi connectivity index (χ2v) is 4.33. The molecule has 3 nitrogen and oxygen atoms in total. The fourth-order valence-corrected chi connectivity index (χ4v) is 2.38. The van der Waals surface area contributed by atoms with Crippen LogP contribution < -0.4 is 0 Å². The Morgan fingerprint density at radius 2 is 1.82 bits per heavy atom. The van der Waals surface area contributed by atoms with Gasteiger partial charge < -0.3 is 5.11 Å². The van der Waals surface area contributed by atoms with Gasteiger partial charge in [0.1, 0.15) is 0 Å². The summed E-state index contributed by atoms with van der Waals surface area (Å²) in [4.78, 5) is 22.8. The molecule has 4 heteroatoms. The summed E-state index contributed by atoms with van der Waals surface area (Å²) < 4.78 is 0. The number of ketones is 1. The summed E-state index contributed by atoms with van der Waals surface area (Å²) in [6.45, 7) is 0. The third-order valence-electron chi connectivity index (χ3n) is 2.42. The molecule has 0 fully saturated rings. The fourth-order valence-electron chi connectivity index (χ4n) is 1.55. The first-order valence-corrected chi connectivity index (χ1v) is 5.99. The Balaban J connectivity index is 2.19. The van der Waals surface area contributed by atoms with Crippen LogP contribution >= 0.6 is 11.3 Å². The lowest BCUT2D eigenvalue weighted by molar-refractivity contribution is 0.0696. The van der Waals surface area contributed by atoms with Crippen LogP contribution in [0, 0.1) is 0 Å². The number of carboxylic acids is 1. The van der Waals surface area contributed by atoms with Gasteiger partial charge in [-0.1, -0.05) is 30.3 Å². The third-order valence-corrected chi connectivity index (χ3v) is 3.21. The lowest BCUT2D eigenvalue weighted by Gasteiger charge is -2.00. The molecule has 0 saturated carbocycles. The van der Waals surface area contributed by atoms with Gasteiger partial charge >= 0.3 is 5.97 Å². The largest absolute Gasteiger partial charge is 0.478 e. The van der Waals surface area contributed by atoms with Crippen molar-refractivity contribution in [2.45, 2.75) is 6.42 Å². The predicted octanol–water partition coefficient (Wildman–Crippen LogP) is 2.87. The minimum Gasteiger partial charge on any atom is -0.478 e. The highest BCUT2D eigenvalue weighted by molar-refractivity contribution is 7.08. The van der Waals surface area contributed by atoms with Crippen LogP contribution in [0.25, 0.3) is 0 Å². The van der Waals surface area contributed by atoms with Crippen molar-refractivity contribution in [2.75, 3.05) is 0 Å². The normalized spacial score (nSPS) is 10.1.